The summed E-state index contributed by atoms with van der Waals surface area (Å²) in [6, 6.07) is 37.6. The molecule has 0 aliphatic heterocycles. The Kier molecular flexibility index (Phi) is 4.14. The highest BCUT2D eigenvalue weighted by Gasteiger charge is 2.19. The molecule has 2 heteroatoms. The average Bonchev–Trinajstić information content (AvgIpc) is 3.24. The summed E-state index contributed by atoms with van der Waals surface area (Å²) in [6.45, 7) is 0. The number of hydrogen-bond donors (Lipinski definition) is 0. The second-order valence-electron chi connectivity index (χ2n) is 7.63. The Balaban J connectivity index is 1.69. The SMILES string of the molecule is c1ccc(-c2cc3ncccc3cc2-c2oc(-c3ccccc3)c3ccccc23)cc1. The topological polar surface area (TPSA) is 26.0 Å². The van der Waals surface area contributed by atoms with Crippen molar-refractivity contribution < 1.29 is 4.42 Å². The van der Waals surface area contributed by atoms with E-state index >= 15 is 0 Å². The molecule has 0 aliphatic carbocycles. The number of hydrogen-bond acceptors (Lipinski definition) is 2. The lowest BCUT2D eigenvalue weighted by molar-refractivity contribution is 0.602. The number of aromatic nitrogens is 1. The van der Waals surface area contributed by atoms with Gasteiger partial charge in [0.15, 0.2) is 0 Å². The van der Waals surface area contributed by atoms with Crippen molar-refractivity contribution in [1.29, 1.82) is 0 Å². The summed E-state index contributed by atoms with van der Waals surface area (Å²) in [7, 11) is 0. The van der Waals surface area contributed by atoms with E-state index in [4.69, 9.17) is 4.42 Å². The van der Waals surface area contributed by atoms with Crippen molar-refractivity contribution >= 4 is 21.7 Å². The van der Waals surface area contributed by atoms with Crippen molar-refractivity contribution in [2.24, 2.45) is 0 Å². The third-order valence-electron chi connectivity index (χ3n) is 5.73. The van der Waals surface area contributed by atoms with Gasteiger partial charge in [-0.15, -0.1) is 0 Å². The molecule has 4 aromatic carbocycles. The van der Waals surface area contributed by atoms with E-state index in [9.17, 15) is 0 Å². The molecule has 2 nitrogen and oxygen atoms in total. The molecular weight excluding hydrogens is 378 g/mol. The Morgan fingerprint density at radius 1 is 0.516 bits per heavy atom. The molecule has 0 saturated carbocycles. The van der Waals surface area contributed by atoms with Crippen molar-refractivity contribution in [2.45, 2.75) is 0 Å². The summed E-state index contributed by atoms with van der Waals surface area (Å²) in [4.78, 5) is 4.59. The van der Waals surface area contributed by atoms with Crippen LogP contribution in [0.3, 0.4) is 0 Å². The predicted octanol–water partition coefficient (Wildman–Crippen LogP) is 7.98. The lowest BCUT2D eigenvalue weighted by Crippen LogP contribution is -1.87. The van der Waals surface area contributed by atoms with Crippen LogP contribution >= 0.6 is 0 Å². The largest absolute Gasteiger partial charge is 0.455 e. The van der Waals surface area contributed by atoms with E-state index in [0.29, 0.717) is 0 Å². The Morgan fingerprint density at radius 2 is 1.16 bits per heavy atom. The van der Waals surface area contributed by atoms with Crippen LogP contribution in [0.25, 0.3) is 55.4 Å². The van der Waals surface area contributed by atoms with Gasteiger partial charge in [-0.05, 0) is 29.3 Å². The van der Waals surface area contributed by atoms with E-state index in [1.807, 2.05) is 36.5 Å². The Hall–Kier alpha value is -4.17. The van der Waals surface area contributed by atoms with Crippen LogP contribution in [0, 0.1) is 0 Å². The summed E-state index contributed by atoms with van der Waals surface area (Å²) in [5, 5.41) is 3.33. The molecule has 0 bridgehead atoms. The molecule has 0 spiro atoms. The first kappa shape index (κ1) is 17.7. The molecule has 0 unspecified atom stereocenters. The fourth-order valence-electron chi connectivity index (χ4n) is 4.26. The smallest absolute Gasteiger partial charge is 0.143 e. The summed E-state index contributed by atoms with van der Waals surface area (Å²) >= 11 is 0. The first-order valence-corrected chi connectivity index (χ1v) is 10.4. The monoisotopic (exact) mass is 397 g/mol. The average molecular weight is 397 g/mol. The van der Waals surface area contributed by atoms with Gasteiger partial charge in [0.1, 0.15) is 11.5 Å². The molecule has 6 aromatic rings. The van der Waals surface area contributed by atoms with Crippen LogP contribution in [0.2, 0.25) is 0 Å². The molecule has 146 valence electrons. The fraction of sp³-hybridized carbons (Fsp3) is 0. The maximum absolute atomic E-state index is 6.63. The van der Waals surface area contributed by atoms with Gasteiger partial charge in [-0.25, -0.2) is 0 Å². The first-order valence-electron chi connectivity index (χ1n) is 10.4. The molecular formula is C29H19NO. The number of benzene rings is 4. The Morgan fingerprint density at radius 3 is 1.90 bits per heavy atom. The van der Waals surface area contributed by atoms with Gasteiger partial charge in [0, 0.05) is 33.5 Å². The van der Waals surface area contributed by atoms with E-state index in [1.165, 1.54) is 0 Å². The van der Waals surface area contributed by atoms with Gasteiger partial charge in [-0.2, -0.15) is 0 Å². The molecule has 0 N–H and O–H groups in total. The van der Waals surface area contributed by atoms with Crippen LogP contribution in [0.4, 0.5) is 0 Å². The zero-order valence-corrected chi connectivity index (χ0v) is 16.8. The van der Waals surface area contributed by atoms with E-state index < -0.39 is 0 Å². The standard InChI is InChI=1S/C29H19NO/c1-3-10-20(11-4-1)25-19-27-22(14-9-17-30-27)18-26(25)29-24-16-8-7-15-23(24)28(31-29)21-12-5-2-6-13-21/h1-19H. The first-order chi connectivity index (χ1) is 15.4. The minimum absolute atomic E-state index is 0.888. The third kappa shape index (κ3) is 3.01. The zero-order valence-electron chi connectivity index (χ0n) is 16.8. The van der Waals surface area contributed by atoms with Crippen LogP contribution in [0.15, 0.2) is 120 Å². The maximum Gasteiger partial charge on any atom is 0.143 e. The Bertz CT molecular complexity index is 1510. The third-order valence-corrected chi connectivity index (χ3v) is 5.73. The molecule has 2 aromatic heterocycles. The maximum atomic E-state index is 6.63. The van der Waals surface area contributed by atoms with Crippen LogP contribution in [-0.4, -0.2) is 4.98 Å². The van der Waals surface area contributed by atoms with Gasteiger partial charge in [0.05, 0.1) is 5.52 Å². The van der Waals surface area contributed by atoms with Crippen LogP contribution < -0.4 is 0 Å². The number of fused-ring (bicyclic) bond motifs is 2. The van der Waals surface area contributed by atoms with Crippen molar-refractivity contribution in [3.63, 3.8) is 0 Å². The van der Waals surface area contributed by atoms with Gasteiger partial charge in [0.25, 0.3) is 0 Å². The number of furan rings is 1. The number of pyridine rings is 1. The fourth-order valence-corrected chi connectivity index (χ4v) is 4.26. The summed E-state index contributed by atoms with van der Waals surface area (Å²) in [5.41, 5.74) is 5.39. The van der Waals surface area contributed by atoms with E-state index in [0.717, 1.165) is 55.4 Å². The van der Waals surface area contributed by atoms with Crippen LogP contribution in [-0.2, 0) is 0 Å². The summed E-state index contributed by atoms with van der Waals surface area (Å²) in [6.07, 6.45) is 1.84. The number of rotatable bonds is 3. The lowest BCUT2D eigenvalue weighted by Gasteiger charge is -2.11. The second kappa shape index (κ2) is 7.26. The van der Waals surface area contributed by atoms with E-state index in [1.54, 1.807) is 0 Å². The van der Waals surface area contributed by atoms with Crippen molar-refractivity contribution in [2.75, 3.05) is 0 Å². The van der Waals surface area contributed by atoms with Crippen molar-refractivity contribution in [3.05, 3.63) is 115 Å². The highest BCUT2D eigenvalue weighted by Crippen LogP contribution is 2.43. The molecule has 0 amide bonds. The normalized spacial score (nSPS) is 11.2. The molecule has 0 fully saturated rings. The summed E-state index contributed by atoms with van der Waals surface area (Å²) in [5.74, 6) is 1.79. The second-order valence-corrected chi connectivity index (χ2v) is 7.63. The van der Waals surface area contributed by atoms with Gasteiger partial charge in [0.2, 0.25) is 0 Å². The summed E-state index contributed by atoms with van der Waals surface area (Å²) < 4.78 is 6.63. The predicted molar refractivity (Wildman–Crippen MR) is 128 cm³/mol. The van der Waals surface area contributed by atoms with Crippen LogP contribution in [0.1, 0.15) is 0 Å². The molecule has 0 atom stereocenters. The zero-order chi connectivity index (χ0) is 20.6. The van der Waals surface area contributed by atoms with Crippen LogP contribution in [0.5, 0.6) is 0 Å². The highest BCUT2D eigenvalue weighted by atomic mass is 16.3. The van der Waals surface area contributed by atoms with Gasteiger partial charge in [-0.1, -0.05) is 91.0 Å². The molecule has 6 rings (SSSR count). The number of nitrogens with zero attached hydrogens (tertiary/aromatic N) is 1. The van der Waals surface area contributed by atoms with Gasteiger partial charge >= 0.3 is 0 Å². The van der Waals surface area contributed by atoms with Crippen molar-refractivity contribution in [3.8, 4) is 33.8 Å². The Labute approximate surface area is 180 Å². The van der Waals surface area contributed by atoms with Gasteiger partial charge < -0.3 is 4.42 Å². The quantitative estimate of drug-likeness (QED) is 0.302. The molecule has 31 heavy (non-hydrogen) atoms. The van der Waals surface area contributed by atoms with Gasteiger partial charge in [-0.3, -0.25) is 4.98 Å². The van der Waals surface area contributed by atoms with E-state index in [-0.39, 0.29) is 0 Å². The highest BCUT2D eigenvalue weighted by molar-refractivity contribution is 6.06. The minimum Gasteiger partial charge on any atom is -0.455 e. The molecule has 0 saturated heterocycles. The van der Waals surface area contributed by atoms with Crippen molar-refractivity contribution in [1.82, 2.24) is 4.98 Å². The minimum atomic E-state index is 0.888. The lowest BCUT2D eigenvalue weighted by atomic mass is 9.94. The molecule has 2 heterocycles. The molecule has 0 aliphatic rings. The van der Waals surface area contributed by atoms with E-state index in [2.05, 4.69) is 83.8 Å². The molecule has 0 radical (unpaired) electrons.